The molecular formula is C22H24ClN2O2S+. The van der Waals surface area contributed by atoms with Gasteiger partial charge in [-0.25, -0.2) is 13.1 Å². The number of fused-ring (bicyclic) bond motifs is 1. The van der Waals surface area contributed by atoms with Gasteiger partial charge in [-0.3, -0.25) is 0 Å². The highest BCUT2D eigenvalue weighted by molar-refractivity contribution is 7.89. The summed E-state index contributed by atoms with van der Waals surface area (Å²) in [4.78, 5) is 1.64. The lowest BCUT2D eigenvalue weighted by atomic mass is 9.98. The Morgan fingerprint density at radius 2 is 1.68 bits per heavy atom. The van der Waals surface area contributed by atoms with Crippen molar-refractivity contribution in [1.29, 1.82) is 0 Å². The predicted molar refractivity (Wildman–Crippen MR) is 113 cm³/mol. The zero-order chi connectivity index (χ0) is 19.6. The van der Waals surface area contributed by atoms with Gasteiger partial charge in [0.25, 0.3) is 0 Å². The van der Waals surface area contributed by atoms with Crippen LogP contribution in [0.2, 0.25) is 5.02 Å². The van der Waals surface area contributed by atoms with E-state index in [0.717, 1.165) is 13.1 Å². The van der Waals surface area contributed by atoms with Crippen molar-refractivity contribution >= 4 is 32.4 Å². The van der Waals surface area contributed by atoms with E-state index in [1.54, 1.807) is 18.2 Å². The van der Waals surface area contributed by atoms with Gasteiger partial charge >= 0.3 is 0 Å². The summed E-state index contributed by atoms with van der Waals surface area (Å²) in [5, 5.41) is 2.79. The lowest BCUT2D eigenvalue weighted by Gasteiger charge is -2.26. The van der Waals surface area contributed by atoms with Crippen molar-refractivity contribution in [3.05, 3.63) is 77.3 Å². The number of sulfonamides is 1. The highest BCUT2D eigenvalue weighted by Gasteiger charge is 2.30. The molecule has 4 rings (SSSR count). The van der Waals surface area contributed by atoms with Crippen LogP contribution in [-0.2, 0) is 10.0 Å². The topological polar surface area (TPSA) is 50.6 Å². The van der Waals surface area contributed by atoms with Crippen LogP contribution in [0.3, 0.4) is 0 Å². The van der Waals surface area contributed by atoms with E-state index in [2.05, 4.69) is 35.1 Å². The van der Waals surface area contributed by atoms with Crippen LogP contribution in [-0.4, -0.2) is 28.1 Å². The summed E-state index contributed by atoms with van der Waals surface area (Å²) in [6, 6.07) is 21.1. The van der Waals surface area contributed by atoms with Gasteiger partial charge in [0.2, 0.25) is 10.0 Å². The third-order valence-corrected chi connectivity index (χ3v) is 7.18. The molecule has 6 heteroatoms. The number of halogens is 1. The quantitative estimate of drug-likeness (QED) is 0.649. The van der Waals surface area contributed by atoms with Gasteiger partial charge in [-0.05, 0) is 29.0 Å². The summed E-state index contributed by atoms with van der Waals surface area (Å²) >= 11 is 5.98. The van der Waals surface area contributed by atoms with Crippen LogP contribution in [0.15, 0.2) is 71.6 Å². The van der Waals surface area contributed by atoms with Gasteiger partial charge in [-0.2, -0.15) is 0 Å². The maximum absolute atomic E-state index is 12.8. The van der Waals surface area contributed by atoms with Crippen molar-refractivity contribution in [2.45, 2.75) is 23.8 Å². The molecule has 0 aliphatic carbocycles. The van der Waals surface area contributed by atoms with Gasteiger partial charge in [-0.1, -0.05) is 60.1 Å². The van der Waals surface area contributed by atoms with Gasteiger partial charge < -0.3 is 4.90 Å². The summed E-state index contributed by atoms with van der Waals surface area (Å²) in [5.74, 6) is 0. The molecule has 0 amide bonds. The third kappa shape index (κ3) is 4.08. The molecule has 2 N–H and O–H groups in total. The standard InChI is InChI=1S/C22H23ClN2O2S/c23-18-9-6-10-19(15-18)28(26,27)24-16-22(25-13-3-4-14-25)21-12-5-8-17-7-1-2-11-20(17)21/h1-2,5-12,15,22,24H,3-4,13-14,16H2/p+1/t22-/m1/s1. The van der Waals surface area contributed by atoms with Crippen molar-refractivity contribution < 1.29 is 13.3 Å². The fraction of sp³-hybridized carbons (Fsp3) is 0.273. The molecule has 3 aromatic rings. The molecule has 1 heterocycles. The zero-order valence-electron chi connectivity index (χ0n) is 15.6. The average molecular weight is 416 g/mol. The Hall–Kier alpha value is -1.92. The van der Waals surface area contributed by atoms with E-state index in [-0.39, 0.29) is 10.9 Å². The number of nitrogens with one attached hydrogen (secondary N) is 2. The minimum Gasteiger partial charge on any atom is -0.328 e. The average Bonchev–Trinajstić information content (AvgIpc) is 3.23. The molecule has 0 spiro atoms. The smallest absolute Gasteiger partial charge is 0.240 e. The van der Waals surface area contributed by atoms with E-state index >= 15 is 0 Å². The predicted octanol–water partition coefficient (Wildman–Crippen LogP) is 3.19. The number of benzene rings is 3. The summed E-state index contributed by atoms with van der Waals surface area (Å²) in [6.07, 6.45) is 2.36. The van der Waals surface area contributed by atoms with Gasteiger partial charge in [0.05, 0.1) is 24.5 Å². The van der Waals surface area contributed by atoms with Crippen LogP contribution in [0, 0.1) is 0 Å². The molecule has 1 saturated heterocycles. The van der Waals surface area contributed by atoms with Crippen LogP contribution >= 0.6 is 11.6 Å². The van der Waals surface area contributed by atoms with Crippen LogP contribution in [0.5, 0.6) is 0 Å². The summed E-state index contributed by atoms with van der Waals surface area (Å²) < 4.78 is 28.5. The number of hydrogen-bond donors (Lipinski definition) is 2. The number of likely N-dealkylation sites (tertiary alicyclic amines) is 1. The monoisotopic (exact) mass is 415 g/mol. The first kappa shape index (κ1) is 19.4. The molecule has 0 unspecified atom stereocenters. The summed E-state index contributed by atoms with van der Waals surface area (Å²) in [6.45, 7) is 2.48. The van der Waals surface area contributed by atoms with Crippen molar-refractivity contribution in [1.82, 2.24) is 4.72 Å². The largest absolute Gasteiger partial charge is 0.328 e. The molecule has 1 atom stereocenters. The Labute approximate surface area is 171 Å². The normalized spacial score (nSPS) is 16.5. The molecule has 1 fully saturated rings. The Morgan fingerprint density at radius 3 is 2.46 bits per heavy atom. The van der Waals surface area contributed by atoms with Crippen molar-refractivity contribution in [3.63, 3.8) is 0 Å². The van der Waals surface area contributed by atoms with Gasteiger partial charge in [0, 0.05) is 23.4 Å². The van der Waals surface area contributed by atoms with Gasteiger partial charge in [-0.15, -0.1) is 0 Å². The Bertz CT molecular complexity index is 1070. The number of rotatable bonds is 6. The second kappa shape index (κ2) is 8.21. The van der Waals surface area contributed by atoms with Crippen molar-refractivity contribution in [2.24, 2.45) is 0 Å². The molecule has 1 aliphatic rings. The molecule has 4 nitrogen and oxygen atoms in total. The van der Waals surface area contributed by atoms with Crippen LogP contribution in [0.1, 0.15) is 24.4 Å². The lowest BCUT2D eigenvalue weighted by Crippen LogP contribution is -3.11. The van der Waals surface area contributed by atoms with Crippen LogP contribution < -0.4 is 9.62 Å². The molecule has 0 aromatic heterocycles. The first-order chi connectivity index (χ1) is 13.5. The Morgan fingerprint density at radius 1 is 0.964 bits per heavy atom. The molecule has 0 bridgehead atoms. The van der Waals surface area contributed by atoms with Gasteiger partial charge in [0.15, 0.2) is 0 Å². The maximum Gasteiger partial charge on any atom is 0.240 e. The van der Waals surface area contributed by atoms with Gasteiger partial charge in [0.1, 0.15) is 6.04 Å². The number of hydrogen-bond acceptors (Lipinski definition) is 2. The fourth-order valence-electron chi connectivity index (χ4n) is 4.12. The molecular weight excluding hydrogens is 392 g/mol. The first-order valence-electron chi connectivity index (χ1n) is 9.62. The summed E-state index contributed by atoms with van der Waals surface area (Å²) in [7, 11) is -3.62. The SMILES string of the molecule is O=S(=O)(NC[C@H](c1cccc2ccccc12)[NH+]1CCCC1)c1cccc(Cl)c1. The molecule has 0 radical (unpaired) electrons. The molecule has 146 valence electrons. The van der Waals surface area contributed by atoms with Crippen LogP contribution in [0.25, 0.3) is 10.8 Å². The Kier molecular flexibility index (Phi) is 5.69. The van der Waals surface area contributed by atoms with Crippen molar-refractivity contribution in [3.8, 4) is 0 Å². The van der Waals surface area contributed by atoms with E-state index in [1.165, 1.54) is 40.1 Å². The summed E-state index contributed by atoms with van der Waals surface area (Å²) in [5.41, 5.74) is 1.20. The third-order valence-electron chi connectivity index (χ3n) is 5.52. The van der Waals surface area contributed by atoms with Crippen LogP contribution in [0.4, 0.5) is 0 Å². The van der Waals surface area contributed by atoms with E-state index < -0.39 is 10.0 Å². The zero-order valence-corrected chi connectivity index (χ0v) is 17.1. The molecule has 28 heavy (non-hydrogen) atoms. The second-order valence-corrected chi connectivity index (χ2v) is 9.50. The number of quaternary nitrogens is 1. The Balaban J connectivity index is 1.66. The van der Waals surface area contributed by atoms with E-state index in [1.807, 2.05) is 12.1 Å². The maximum atomic E-state index is 12.8. The van der Waals surface area contributed by atoms with E-state index in [0.29, 0.717) is 11.6 Å². The van der Waals surface area contributed by atoms with E-state index in [4.69, 9.17) is 11.6 Å². The molecule has 0 saturated carbocycles. The van der Waals surface area contributed by atoms with Crippen molar-refractivity contribution in [2.75, 3.05) is 19.6 Å². The highest BCUT2D eigenvalue weighted by atomic mass is 35.5. The second-order valence-electron chi connectivity index (χ2n) is 7.30. The minimum atomic E-state index is -3.62. The fourth-order valence-corrected chi connectivity index (χ4v) is 5.46. The molecule has 1 aliphatic heterocycles. The first-order valence-corrected chi connectivity index (χ1v) is 11.5. The lowest BCUT2D eigenvalue weighted by molar-refractivity contribution is -0.918. The molecule has 3 aromatic carbocycles. The van der Waals surface area contributed by atoms with E-state index in [9.17, 15) is 8.42 Å². The highest BCUT2D eigenvalue weighted by Crippen LogP contribution is 2.24. The minimum absolute atomic E-state index is 0.0718.